The molecule has 4 heteroatoms. The molecular formula is C13H13NO3. The van der Waals surface area contributed by atoms with Crippen LogP contribution in [0.2, 0.25) is 0 Å². The third-order valence-corrected chi connectivity index (χ3v) is 2.44. The highest BCUT2D eigenvalue weighted by molar-refractivity contribution is 5.85. The van der Waals surface area contributed by atoms with Crippen molar-refractivity contribution in [3.05, 3.63) is 34.4 Å². The lowest BCUT2D eigenvalue weighted by Crippen LogP contribution is -2.11. The Morgan fingerprint density at radius 2 is 2.24 bits per heavy atom. The van der Waals surface area contributed by atoms with E-state index in [1.54, 1.807) is 26.0 Å². The average molecular weight is 231 g/mol. The van der Waals surface area contributed by atoms with Gasteiger partial charge in [0.2, 0.25) is 0 Å². The van der Waals surface area contributed by atoms with Gasteiger partial charge < -0.3 is 4.74 Å². The third-order valence-electron chi connectivity index (χ3n) is 2.44. The van der Waals surface area contributed by atoms with Crippen LogP contribution in [-0.4, -0.2) is 18.9 Å². The number of benzene rings is 1. The van der Waals surface area contributed by atoms with Crippen LogP contribution in [0.15, 0.2) is 12.1 Å². The molecule has 4 nitrogen and oxygen atoms in total. The highest BCUT2D eigenvalue weighted by atomic mass is 16.5. The van der Waals surface area contributed by atoms with Crippen molar-refractivity contribution in [1.82, 2.24) is 0 Å². The van der Waals surface area contributed by atoms with Crippen LogP contribution in [0.4, 0.5) is 0 Å². The molecule has 17 heavy (non-hydrogen) atoms. The Balaban J connectivity index is 3.19. The largest absolute Gasteiger partial charge is 0.466 e. The molecule has 0 spiro atoms. The van der Waals surface area contributed by atoms with E-state index in [-0.39, 0.29) is 13.0 Å². The summed E-state index contributed by atoms with van der Waals surface area (Å²) in [5.74, 6) is -0.433. The van der Waals surface area contributed by atoms with Crippen molar-refractivity contribution in [2.45, 2.75) is 20.3 Å². The molecule has 0 amide bonds. The van der Waals surface area contributed by atoms with Crippen molar-refractivity contribution < 1.29 is 14.3 Å². The van der Waals surface area contributed by atoms with Crippen LogP contribution in [0, 0.1) is 18.3 Å². The van der Waals surface area contributed by atoms with Crippen molar-refractivity contribution in [2.24, 2.45) is 0 Å². The summed E-state index contributed by atoms with van der Waals surface area (Å²) >= 11 is 0. The van der Waals surface area contributed by atoms with Crippen molar-refractivity contribution in [2.75, 3.05) is 6.61 Å². The summed E-state index contributed by atoms with van der Waals surface area (Å²) in [6.45, 7) is 3.75. The normalized spacial score (nSPS) is 9.47. The van der Waals surface area contributed by atoms with Gasteiger partial charge in [0, 0.05) is 5.56 Å². The van der Waals surface area contributed by atoms with E-state index in [0.29, 0.717) is 23.0 Å². The lowest BCUT2D eigenvalue weighted by molar-refractivity contribution is -0.142. The Hall–Kier alpha value is -2.15. The molecule has 0 saturated heterocycles. The number of hydrogen-bond donors (Lipinski definition) is 0. The van der Waals surface area contributed by atoms with E-state index in [2.05, 4.69) is 0 Å². The lowest BCUT2D eigenvalue weighted by atomic mass is 9.95. The molecule has 0 bridgehead atoms. The number of nitriles is 1. The number of carbonyl (C=O) groups is 2. The smallest absolute Gasteiger partial charge is 0.310 e. The summed E-state index contributed by atoms with van der Waals surface area (Å²) in [5, 5.41) is 8.95. The molecule has 0 fully saturated rings. The molecule has 0 radical (unpaired) electrons. The zero-order valence-corrected chi connectivity index (χ0v) is 9.82. The minimum atomic E-state index is -0.433. The second-order valence-electron chi connectivity index (χ2n) is 3.53. The number of carbonyl (C=O) groups excluding carboxylic acids is 2. The number of aldehydes is 1. The van der Waals surface area contributed by atoms with Crippen LogP contribution in [-0.2, 0) is 16.0 Å². The van der Waals surface area contributed by atoms with E-state index in [1.807, 2.05) is 6.07 Å². The van der Waals surface area contributed by atoms with Crippen LogP contribution in [0.3, 0.4) is 0 Å². The highest BCUT2D eigenvalue weighted by Crippen LogP contribution is 2.18. The molecule has 0 aromatic heterocycles. The molecular weight excluding hydrogens is 218 g/mol. The zero-order chi connectivity index (χ0) is 12.8. The Morgan fingerprint density at radius 1 is 1.53 bits per heavy atom. The van der Waals surface area contributed by atoms with E-state index in [1.165, 1.54) is 0 Å². The van der Waals surface area contributed by atoms with Gasteiger partial charge in [0.25, 0.3) is 0 Å². The molecule has 1 rings (SSSR count). The summed E-state index contributed by atoms with van der Waals surface area (Å²) in [4.78, 5) is 22.4. The first-order valence-corrected chi connectivity index (χ1v) is 5.27. The quantitative estimate of drug-likeness (QED) is 0.585. The molecule has 0 heterocycles. The molecule has 0 unspecified atom stereocenters. The molecule has 0 saturated carbocycles. The lowest BCUT2D eigenvalue weighted by Gasteiger charge is -2.09. The van der Waals surface area contributed by atoms with Crippen LogP contribution in [0.5, 0.6) is 0 Å². The summed E-state index contributed by atoms with van der Waals surface area (Å²) in [7, 11) is 0. The topological polar surface area (TPSA) is 67.2 Å². The monoisotopic (exact) mass is 231 g/mol. The third kappa shape index (κ3) is 2.91. The fourth-order valence-electron chi connectivity index (χ4n) is 1.60. The minimum absolute atomic E-state index is 0.0491. The summed E-state index contributed by atoms with van der Waals surface area (Å²) in [6, 6.07) is 5.28. The van der Waals surface area contributed by atoms with Crippen LogP contribution >= 0.6 is 0 Å². The maximum Gasteiger partial charge on any atom is 0.310 e. The van der Waals surface area contributed by atoms with Crippen molar-refractivity contribution >= 4 is 12.3 Å². The molecule has 88 valence electrons. The predicted octanol–water partition coefficient (Wildman–Crippen LogP) is 1.78. The second kappa shape index (κ2) is 5.80. The highest BCUT2D eigenvalue weighted by Gasteiger charge is 2.14. The molecule has 0 aliphatic carbocycles. The van der Waals surface area contributed by atoms with Gasteiger partial charge in [-0.1, -0.05) is 6.07 Å². The predicted molar refractivity (Wildman–Crippen MR) is 61.6 cm³/mol. The maximum atomic E-state index is 11.4. The SMILES string of the molecule is CCOC(=O)Cc1c(C#N)ccc(C)c1C=O. The molecule has 0 atom stereocenters. The summed E-state index contributed by atoms with van der Waals surface area (Å²) in [5.41, 5.74) is 1.93. The van der Waals surface area contributed by atoms with Gasteiger partial charge in [-0.3, -0.25) is 9.59 Å². The average Bonchev–Trinajstić information content (AvgIpc) is 2.30. The van der Waals surface area contributed by atoms with E-state index < -0.39 is 5.97 Å². The number of esters is 1. The van der Waals surface area contributed by atoms with Crippen molar-refractivity contribution in [3.63, 3.8) is 0 Å². The fourth-order valence-corrected chi connectivity index (χ4v) is 1.60. The van der Waals surface area contributed by atoms with Gasteiger partial charge in [-0.05, 0) is 31.0 Å². The number of hydrogen-bond acceptors (Lipinski definition) is 4. The Morgan fingerprint density at radius 3 is 2.76 bits per heavy atom. The van der Waals surface area contributed by atoms with Crippen LogP contribution in [0.25, 0.3) is 0 Å². The van der Waals surface area contributed by atoms with E-state index in [9.17, 15) is 9.59 Å². The van der Waals surface area contributed by atoms with Gasteiger partial charge in [-0.15, -0.1) is 0 Å². The van der Waals surface area contributed by atoms with Crippen molar-refractivity contribution in [3.8, 4) is 6.07 Å². The molecule has 1 aromatic rings. The van der Waals surface area contributed by atoms with Gasteiger partial charge in [-0.25, -0.2) is 0 Å². The van der Waals surface area contributed by atoms with E-state index in [0.717, 1.165) is 5.56 Å². The zero-order valence-electron chi connectivity index (χ0n) is 9.82. The van der Waals surface area contributed by atoms with Gasteiger partial charge in [0.1, 0.15) is 0 Å². The molecule has 0 aliphatic heterocycles. The second-order valence-corrected chi connectivity index (χ2v) is 3.53. The standard InChI is InChI=1S/C13H13NO3/c1-3-17-13(16)6-11-10(7-14)5-4-9(2)12(11)8-15/h4-5,8H,3,6H2,1-2H3. The number of aryl methyl sites for hydroxylation is 1. The Bertz CT molecular complexity index is 486. The Labute approximate surface area is 99.8 Å². The van der Waals surface area contributed by atoms with Crippen LogP contribution in [0.1, 0.15) is 34.0 Å². The van der Waals surface area contributed by atoms with Gasteiger partial charge >= 0.3 is 5.97 Å². The molecule has 1 aromatic carbocycles. The minimum Gasteiger partial charge on any atom is -0.466 e. The van der Waals surface area contributed by atoms with Gasteiger partial charge in [-0.2, -0.15) is 5.26 Å². The first-order chi connectivity index (χ1) is 8.13. The van der Waals surface area contributed by atoms with Gasteiger partial charge in [0.05, 0.1) is 24.7 Å². The number of ether oxygens (including phenoxy) is 1. The van der Waals surface area contributed by atoms with Gasteiger partial charge in [0.15, 0.2) is 6.29 Å². The number of rotatable bonds is 4. The summed E-state index contributed by atoms with van der Waals surface area (Å²) in [6.07, 6.45) is 0.622. The van der Waals surface area contributed by atoms with E-state index in [4.69, 9.17) is 10.00 Å². The van der Waals surface area contributed by atoms with Crippen LogP contribution < -0.4 is 0 Å². The van der Waals surface area contributed by atoms with Crippen molar-refractivity contribution in [1.29, 1.82) is 5.26 Å². The summed E-state index contributed by atoms with van der Waals surface area (Å²) < 4.78 is 4.82. The first kappa shape index (κ1) is 12.9. The fraction of sp³-hybridized carbons (Fsp3) is 0.308. The van der Waals surface area contributed by atoms with E-state index >= 15 is 0 Å². The maximum absolute atomic E-state index is 11.4. The first-order valence-electron chi connectivity index (χ1n) is 5.27. The molecule has 0 N–H and O–H groups in total. The number of nitrogens with zero attached hydrogens (tertiary/aromatic N) is 1. The molecule has 0 aliphatic rings. The Kier molecular flexibility index (Phi) is 4.41.